The molecular formula is C58H105IN10O15S. The quantitative estimate of drug-likeness (QED) is 0.0239. The number of unbranched alkanes of at least 4 members (excludes halogenated alkanes) is 2. The number of aliphatic hydroxyl groups excluding tert-OH is 1. The number of hydrogen-bond donors (Lipinski definition) is 10. The molecule has 25 nitrogen and oxygen atoms in total. The lowest BCUT2D eigenvalue weighted by atomic mass is 9.89. The van der Waals surface area contributed by atoms with E-state index in [1.807, 2.05) is 60.5 Å². The molecule has 0 aliphatic carbocycles. The zero-order valence-corrected chi connectivity index (χ0v) is 56.3. The summed E-state index contributed by atoms with van der Waals surface area (Å²) >= 11 is 3.27. The highest BCUT2D eigenvalue weighted by Gasteiger charge is 2.44. The summed E-state index contributed by atoms with van der Waals surface area (Å²) in [6.45, 7) is 19.7. The minimum Gasteiger partial charge on any atom is -0.481 e. The molecule has 1 fully saturated rings. The van der Waals surface area contributed by atoms with Gasteiger partial charge in [0.1, 0.15) is 24.2 Å². The van der Waals surface area contributed by atoms with Crippen molar-refractivity contribution in [2.45, 2.75) is 228 Å². The number of nitrogens with two attached hydrogens (primary N) is 1. The van der Waals surface area contributed by atoms with E-state index in [4.69, 9.17) is 15.2 Å². The van der Waals surface area contributed by atoms with Crippen molar-refractivity contribution in [3.63, 3.8) is 0 Å². The number of carboxylic acids is 2. The number of alkyl halides is 1. The summed E-state index contributed by atoms with van der Waals surface area (Å²) in [5.41, 5.74) is 5.82. The standard InChI is InChI=1S/C58H105IN10O15S/c1-17-20-21-23-34(7)49(67(12)13)56(81)65-46(32(4)5)57(82)68(14)48(33(6)18-2)41(83-15)28-43(71)69-27-22-24-40(69)50(84-16)36(9)51(76)66-47(37(10)70)55(80)63-38(25-26-44(72)73)53(78)62-35(8)31-61-52(77)39(30-60)64-54(79)42(29-45(74)75)85-58(11,59)19-3/h32-42,46-50,70H,17-31,60H2,1-16H3,(H,61,77)(H,62,78)(H,63,80)(H,64,79)(H,65,81)(H,66,76)(H,72,73)(H,74,75)/t33-,34?,35+,36+,37?,38-,39-,40-,41+,42?,46-,47-,48-,49-,50?,58?/m0/s1. The van der Waals surface area contributed by atoms with E-state index in [1.54, 1.807) is 23.8 Å². The molecule has 85 heavy (non-hydrogen) atoms. The van der Waals surface area contributed by atoms with Gasteiger partial charge in [-0.05, 0) is 84.7 Å². The number of aliphatic hydroxyl groups is 1. The second-order valence-corrected chi connectivity index (χ2v) is 28.4. The molecule has 1 aliphatic heterocycles. The zero-order valence-electron chi connectivity index (χ0n) is 53.3. The number of nitrogens with zero attached hydrogens (tertiary/aromatic N) is 3. The summed E-state index contributed by atoms with van der Waals surface area (Å²) in [5, 5.41) is 44.6. The molecule has 1 rings (SSSR count). The molecule has 0 aromatic rings. The maximum atomic E-state index is 14.6. The first-order chi connectivity index (χ1) is 39.7. The summed E-state index contributed by atoms with van der Waals surface area (Å²) in [5.74, 6) is -8.78. The van der Waals surface area contributed by atoms with E-state index < -0.39 is 141 Å². The fraction of sp³-hybridized carbons (Fsp3) is 0.828. The molecule has 1 heterocycles. The predicted molar refractivity (Wildman–Crippen MR) is 334 cm³/mol. The van der Waals surface area contributed by atoms with Gasteiger partial charge < -0.3 is 72.2 Å². The molecule has 0 aromatic carbocycles. The van der Waals surface area contributed by atoms with Gasteiger partial charge in [-0.15, -0.1) is 11.8 Å². The van der Waals surface area contributed by atoms with Crippen molar-refractivity contribution in [3.05, 3.63) is 0 Å². The number of likely N-dealkylation sites (tertiary alicyclic amines) is 1. The van der Waals surface area contributed by atoms with Crippen molar-refractivity contribution in [1.29, 1.82) is 0 Å². The molecule has 1 saturated heterocycles. The number of amides is 8. The fourth-order valence-electron chi connectivity index (χ4n) is 10.6. The Morgan fingerprint density at radius 3 is 1.86 bits per heavy atom. The van der Waals surface area contributed by atoms with E-state index in [0.29, 0.717) is 32.2 Å². The van der Waals surface area contributed by atoms with Crippen LogP contribution in [0.25, 0.3) is 0 Å². The van der Waals surface area contributed by atoms with E-state index in [9.17, 15) is 63.3 Å². The molecule has 0 bridgehead atoms. The number of methoxy groups -OCH3 is 2. The van der Waals surface area contributed by atoms with Gasteiger partial charge in [0.2, 0.25) is 47.3 Å². The average Bonchev–Trinajstić information content (AvgIpc) is 3.18. The summed E-state index contributed by atoms with van der Waals surface area (Å²) in [4.78, 5) is 140. The van der Waals surface area contributed by atoms with E-state index in [0.717, 1.165) is 37.4 Å². The Bertz CT molecular complexity index is 2180. The molecule has 0 saturated carbocycles. The molecule has 0 radical (unpaired) electrons. The Kier molecular flexibility index (Phi) is 35.8. The van der Waals surface area contributed by atoms with Crippen LogP contribution in [-0.4, -0.2) is 219 Å². The topological polar surface area (TPSA) is 358 Å². The summed E-state index contributed by atoms with van der Waals surface area (Å²) in [7, 11) is 8.28. The molecular weight excluding hydrogens is 1240 g/mol. The van der Waals surface area contributed by atoms with Crippen LogP contribution in [0.1, 0.15) is 153 Å². The van der Waals surface area contributed by atoms with E-state index in [2.05, 4.69) is 68.3 Å². The first kappa shape index (κ1) is 78.6. The number of thioether (sulfide) groups is 1. The first-order valence-corrected chi connectivity index (χ1v) is 31.9. The van der Waals surface area contributed by atoms with E-state index in [-0.39, 0.29) is 55.0 Å². The van der Waals surface area contributed by atoms with Crippen LogP contribution >= 0.6 is 34.4 Å². The highest BCUT2D eigenvalue weighted by molar-refractivity contribution is 14.1. The third-order valence-corrected chi connectivity index (χ3v) is 18.9. The van der Waals surface area contributed by atoms with Crippen LogP contribution in [0.4, 0.5) is 0 Å². The number of rotatable bonds is 41. The normalized spacial score (nSPS) is 19.2. The number of carboxylic acid groups (broad SMARTS) is 2. The Balaban J connectivity index is 3.29. The Morgan fingerprint density at radius 2 is 1.35 bits per heavy atom. The molecule has 16 atom stereocenters. The van der Waals surface area contributed by atoms with Crippen molar-refractivity contribution < 1.29 is 72.7 Å². The van der Waals surface area contributed by atoms with E-state index in [1.165, 1.54) is 28.1 Å². The molecule has 11 N–H and O–H groups in total. The lowest BCUT2D eigenvalue weighted by molar-refractivity contribution is -0.148. The van der Waals surface area contributed by atoms with Crippen LogP contribution < -0.4 is 37.6 Å². The maximum Gasteiger partial charge on any atom is 0.305 e. The maximum absolute atomic E-state index is 14.6. The van der Waals surface area contributed by atoms with Gasteiger partial charge in [0.25, 0.3) is 0 Å². The SMILES string of the molecule is CCCCCC(C)[C@@H](C(=O)N[C@H](C(=O)N(C)[C@@H]([C@@H](C)CC)[C@@H](CC(=O)N1CCC[C@H]1C(OC)[C@@H](C)C(=O)N[C@H](C(=O)N[C@@H](CCC(=O)O)C(=O)N[C@H](C)CNC(=O)[C@H](CN)NC(=O)C(CC(=O)O)SC(C)(I)CC)C(C)O)OC)C(C)C)N(C)C. The van der Waals surface area contributed by atoms with Gasteiger partial charge in [-0.3, -0.25) is 52.8 Å². The number of aliphatic carboxylic acids is 2. The summed E-state index contributed by atoms with van der Waals surface area (Å²) in [6.07, 6.45) is 1.41. The van der Waals surface area contributed by atoms with Gasteiger partial charge in [-0.1, -0.05) is 104 Å². The van der Waals surface area contributed by atoms with E-state index >= 15 is 0 Å². The third-order valence-electron chi connectivity index (χ3n) is 16.0. The van der Waals surface area contributed by atoms with Crippen LogP contribution in [0.3, 0.4) is 0 Å². The molecule has 1 aliphatic rings. The first-order valence-electron chi connectivity index (χ1n) is 29.9. The smallest absolute Gasteiger partial charge is 0.305 e. The number of carbonyl (C=O) groups is 10. The lowest BCUT2D eigenvalue weighted by Crippen LogP contribution is -2.60. The molecule has 8 amide bonds. The van der Waals surface area contributed by atoms with Gasteiger partial charge in [0, 0.05) is 53.4 Å². The summed E-state index contributed by atoms with van der Waals surface area (Å²) in [6, 6.07) is -7.80. The van der Waals surface area contributed by atoms with Gasteiger partial charge in [-0.25, -0.2) is 0 Å². The van der Waals surface area contributed by atoms with Crippen LogP contribution in [0.15, 0.2) is 0 Å². The van der Waals surface area contributed by atoms with Gasteiger partial charge in [0.05, 0.1) is 63.2 Å². The third kappa shape index (κ3) is 25.7. The van der Waals surface area contributed by atoms with Gasteiger partial charge in [0.15, 0.2) is 0 Å². The second kappa shape index (κ2) is 38.8. The molecule has 0 spiro atoms. The van der Waals surface area contributed by atoms with Crippen molar-refractivity contribution in [1.82, 2.24) is 46.6 Å². The molecule has 27 heteroatoms. The molecule has 5 unspecified atom stereocenters. The average molecular weight is 1340 g/mol. The zero-order chi connectivity index (χ0) is 65.2. The predicted octanol–water partition coefficient (Wildman–Crippen LogP) is 2.61. The van der Waals surface area contributed by atoms with Gasteiger partial charge >= 0.3 is 11.9 Å². The number of nitrogens with one attached hydrogen (secondary N) is 6. The van der Waals surface area contributed by atoms with Crippen molar-refractivity contribution in [2.75, 3.05) is 55.0 Å². The minimum atomic E-state index is -1.66. The lowest BCUT2D eigenvalue weighted by Gasteiger charge is -2.41. The minimum absolute atomic E-state index is 0.0453. The highest BCUT2D eigenvalue weighted by atomic mass is 127. The van der Waals surface area contributed by atoms with Crippen molar-refractivity contribution in [2.24, 2.45) is 29.4 Å². The summed E-state index contributed by atoms with van der Waals surface area (Å²) < 4.78 is 11.5. The highest BCUT2D eigenvalue weighted by Crippen LogP contribution is 2.40. The van der Waals surface area contributed by atoms with Gasteiger partial charge in [-0.2, -0.15) is 0 Å². The fourth-order valence-corrected chi connectivity index (χ4v) is 12.7. The van der Waals surface area contributed by atoms with Crippen LogP contribution in [0, 0.1) is 23.7 Å². The molecule has 490 valence electrons. The monoisotopic (exact) mass is 1340 g/mol. The van der Waals surface area contributed by atoms with Crippen molar-refractivity contribution >= 4 is 93.5 Å². The Labute approximate surface area is 522 Å². The van der Waals surface area contributed by atoms with Crippen LogP contribution in [0.5, 0.6) is 0 Å². The van der Waals surface area contributed by atoms with Crippen molar-refractivity contribution in [3.8, 4) is 0 Å². The number of likely N-dealkylation sites (N-methyl/N-ethyl adjacent to an activating group) is 2. The number of halogens is 1. The Morgan fingerprint density at radius 1 is 0.741 bits per heavy atom. The number of ether oxygens (including phenoxy) is 2. The number of carbonyl (C=O) groups excluding carboxylic acids is 8. The molecule has 0 aromatic heterocycles. The second-order valence-electron chi connectivity index (χ2n) is 23.5. The van der Waals surface area contributed by atoms with Crippen LogP contribution in [0.2, 0.25) is 0 Å². The van der Waals surface area contributed by atoms with Crippen LogP contribution in [-0.2, 0) is 57.4 Å². The largest absolute Gasteiger partial charge is 0.481 e. The Hall–Kier alpha value is -4.42. The number of hydrogen-bond acceptors (Lipinski definition) is 16.